The molecule has 2 rings (SSSR count). The highest BCUT2D eigenvalue weighted by Gasteiger charge is 2.16. The average molecular weight is 247 g/mol. The second-order valence-corrected chi connectivity index (χ2v) is 3.55. The normalized spacial score (nSPS) is 10.1. The van der Waals surface area contributed by atoms with Gasteiger partial charge >= 0.3 is 5.97 Å². The van der Waals surface area contributed by atoms with Gasteiger partial charge in [0.1, 0.15) is 17.3 Å². The molecule has 0 amide bonds. The van der Waals surface area contributed by atoms with Crippen LogP contribution in [0.25, 0.3) is 11.3 Å². The van der Waals surface area contributed by atoms with E-state index in [-0.39, 0.29) is 11.1 Å². The van der Waals surface area contributed by atoms with Crippen LogP contribution in [0, 0.1) is 5.82 Å². The number of carboxylic acid groups (broad SMARTS) is 1. The number of aromatic nitrogens is 1. The van der Waals surface area contributed by atoms with Crippen molar-refractivity contribution in [3.8, 4) is 17.0 Å². The molecule has 1 heterocycles. The number of carboxylic acids is 1. The first kappa shape index (κ1) is 12.0. The van der Waals surface area contributed by atoms with E-state index in [9.17, 15) is 9.18 Å². The lowest BCUT2D eigenvalue weighted by atomic mass is 10.0. The van der Waals surface area contributed by atoms with E-state index in [0.717, 1.165) is 12.1 Å². The third-order valence-corrected chi connectivity index (χ3v) is 2.46. The van der Waals surface area contributed by atoms with Crippen molar-refractivity contribution in [1.29, 1.82) is 0 Å². The minimum absolute atomic E-state index is 0.0200. The summed E-state index contributed by atoms with van der Waals surface area (Å²) in [6.07, 6.45) is 1.49. The fourth-order valence-corrected chi connectivity index (χ4v) is 1.66. The summed E-state index contributed by atoms with van der Waals surface area (Å²) >= 11 is 0. The van der Waals surface area contributed by atoms with Gasteiger partial charge in [-0.05, 0) is 30.3 Å². The van der Waals surface area contributed by atoms with Crippen molar-refractivity contribution < 1.29 is 19.0 Å². The Hall–Kier alpha value is -2.43. The molecule has 0 bridgehead atoms. The number of carbonyl (C=O) groups is 1. The van der Waals surface area contributed by atoms with Gasteiger partial charge in [-0.2, -0.15) is 0 Å². The van der Waals surface area contributed by atoms with Crippen molar-refractivity contribution in [3.05, 3.63) is 47.9 Å². The van der Waals surface area contributed by atoms with E-state index in [4.69, 9.17) is 9.84 Å². The van der Waals surface area contributed by atoms with Crippen LogP contribution in [0.15, 0.2) is 36.5 Å². The number of halogens is 1. The van der Waals surface area contributed by atoms with Crippen LogP contribution < -0.4 is 4.74 Å². The Morgan fingerprint density at radius 3 is 2.83 bits per heavy atom. The minimum Gasteiger partial charge on any atom is -0.494 e. The Morgan fingerprint density at radius 2 is 2.17 bits per heavy atom. The van der Waals surface area contributed by atoms with E-state index in [1.165, 1.54) is 19.4 Å². The maximum atomic E-state index is 13.3. The zero-order valence-electron chi connectivity index (χ0n) is 9.55. The van der Waals surface area contributed by atoms with Crippen molar-refractivity contribution in [2.75, 3.05) is 7.11 Å². The lowest BCUT2D eigenvalue weighted by molar-refractivity contribution is 0.0697. The van der Waals surface area contributed by atoms with E-state index >= 15 is 0 Å². The van der Waals surface area contributed by atoms with E-state index in [0.29, 0.717) is 11.4 Å². The number of nitrogens with zero attached hydrogens (tertiary/aromatic N) is 1. The molecule has 0 atom stereocenters. The van der Waals surface area contributed by atoms with Crippen molar-refractivity contribution in [2.45, 2.75) is 0 Å². The maximum absolute atomic E-state index is 13.3. The van der Waals surface area contributed by atoms with E-state index in [1.54, 1.807) is 12.1 Å². The maximum Gasteiger partial charge on any atom is 0.336 e. The lowest BCUT2D eigenvalue weighted by Gasteiger charge is -2.09. The van der Waals surface area contributed by atoms with Gasteiger partial charge in [-0.1, -0.05) is 0 Å². The Bertz CT molecular complexity index is 599. The van der Waals surface area contributed by atoms with Gasteiger partial charge in [0, 0.05) is 11.8 Å². The Balaban J connectivity index is 2.69. The van der Waals surface area contributed by atoms with E-state index < -0.39 is 11.8 Å². The molecule has 92 valence electrons. The Kier molecular flexibility index (Phi) is 3.23. The van der Waals surface area contributed by atoms with Crippen LogP contribution >= 0.6 is 0 Å². The number of methoxy groups -OCH3 is 1. The number of ether oxygens (including phenoxy) is 1. The number of benzene rings is 1. The molecule has 1 N–H and O–H groups in total. The van der Waals surface area contributed by atoms with Gasteiger partial charge in [-0.15, -0.1) is 0 Å². The molecule has 2 aromatic rings. The summed E-state index contributed by atoms with van der Waals surface area (Å²) in [5.74, 6) is -1.27. The molecular formula is C13H10FNO3. The number of pyridine rings is 1. The Labute approximate surface area is 103 Å². The first-order chi connectivity index (χ1) is 8.63. The molecule has 1 aromatic carbocycles. The van der Waals surface area contributed by atoms with Crippen LogP contribution in [0.1, 0.15) is 10.4 Å². The van der Waals surface area contributed by atoms with Gasteiger partial charge in [0.25, 0.3) is 0 Å². The van der Waals surface area contributed by atoms with Crippen molar-refractivity contribution >= 4 is 5.97 Å². The molecule has 0 unspecified atom stereocenters. The SMILES string of the molecule is COc1cccnc1-c1cc(F)ccc1C(=O)O. The van der Waals surface area contributed by atoms with Gasteiger partial charge in [-0.3, -0.25) is 4.98 Å². The van der Waals surface area contributed by atoms with Gasteiger partial charge < -0.3 is 9.84 Å². The molecule has 0 saturated carbocycles. The van der Waals surface area contributed by atoms with Crippen LogP contribution in [0.3, 0.4) is 0 Å². The molecule has 0 spiro atoms. The highest BCUT2D eigenvalue weighted by atomic mass is 19.1. The van der Waals surface area contributed by atoms with E-state index in [1.807, 2.05) is 0 Å². The molecule has 1 aromatic heterocycles. The predicted molar refractivity (Wildman–Crippen MR) is 63.1 cm³/mol. The molecule has 18 heavy (non-hydrogen) atoms. The van der Waals surface area contributed by atoms with Crippen molar-refractivity contribution in [1.82, 2.24) is 4.98 Å². The molecule has 0 fully saturated rings. The first-order valence-electron chi connectivity index (χ1n) is 5.15. The molecule has 0 aliphatic heterocycles. The predicted octanol–water partition coefficient (Wildman–Crippen LogP) is 2.59. The third kappa shape index (κ3) is 2.15. The zero-order chi connectivity index (χ0) is 13.1. The molecule has 0 radical (unpaired) electrons. The van der Waals surface area contributed by atoms with Crippen LogP contribution in [0.2, 0.25) is 0 Å². The summed E-state index contributed by atoms with van der Waals surface area (Å²) in [6.45, 7) is 0. The number of rotatable bonds is 3. The smallest absolute Gasteiger partial charge is 0.336 e. The van der Waals surface area contributed by atoms with Gasteiger partial charge in [0.05, 0.1) is 12.7 Å². The summed E-state index contributed by atoms with van der Waals surface area (Å²) in [4.78, 5) is 15.2. The average Bonchev–Trinajstić information content (AvgIpc) is 2.38. The quantitative estimate of drug-likeness (QED) is 0.905. The zero-order valence-corrected chi connectivity index (χ0v) is 9.55. The summed E-state index contributed by atoms with van der Waals surface area (Å²) in [7, 11) is 1.44. The molecule has 5 heteroatoms. The van der Waals surface area contributed by atoms with Gasteiger partial charge in [0.2, 0.25) is 0 Å². The van der Waals surface area contributed by atoms with Crippen LogP contribution in [0.5, 0.6) is 5.75 Å². The summed E-state index contributed by atoms with van der Waals surface area (Å²) in [5, 5.41) is 9.09. The summed E-state index contributed by atoms with van der Waals surface area (Å²) in [6, 6.07) is 6.73. The summed E-state index contributed by atoms with van der Waals surface area (Å²) < 4.78 is 18.4. The summed E-state index contributed by atoms with van der Waals surface area (Å²) in [5.41, 5.74) is 0.477. The van der Waals surface area contributed by atoms with Crippen LogP contribution in [-0.2, 0) is 0 Å². The van der Waals surface area contributed by atoms with Crippen molar-refractivity contribution in [2.24, 2.45) is 0 Å². The lowest BCUT2D eigenvalue weighted by Crippen LogP contribution is -2.02. The fourth-order valence-electron chi connectivity index (χ4n) is 1.66. The highest BCUT2D eigenvalue weighted by molar-refractivity contribution is 5.96. The largest absolute Gasteiger partial charge is 0.494 e. The van der Waals surface area contributed by atoms with Crippen LogP contribution in [-0.4, -0.2) is 23.2 Å². The topological polar surface area (TPSA) is 59.4 Å². The van der Waals surface area contributed by atoms with E-state index in [2.05, 4.69) is 4.98 Å². The second kappa shape index (κ2) is 4.83. The highest BCUT2D eigenvalue weighted by Crippen LogP contribution is 2.30. The number of hydrogen-bond acceptors (Lipinski definition) is 3. The standard InChI is InChI=1S/C13H10FNO3/c1-18-11-3-2-6-15-12(11)10-7-8(14)4-5-9(10)13(16)17/h2-7H,1H3,(H,16,17). The first-order valence-corrected chi connectivity index (χ1v) is 5.15. The number of aromatic carboxylic acids is 1. The molecule has 0 aliphatic carbocycles. The third-order valence-electron chi connectivity index (χ3n) is 2.46. The van der Waals surface area contributed by atoms with Gasteiger partial charge in [-0.25, -0.2) is 9.18 Å². The molecule has 4 nitrogen and oxygen atoms in total. The van der Waals surface area contributed by atoms with Gasteiger partial charge in [0.15, 0.2) is 0 Å². The second-order valence-electron chi connectivity index (χ2n) is 3.55. The molecule has 0 aliphatic rings. The minimum atomic E-state index is -1.14. The molecule has 0 saturated heterocycles. The fraction of sp³-hybridized carbons (Fsp3) is 0.0769. The van der Waals surface area contributed by atoms with Crippen LogP contribution in [0.4, 0.5) is 4.39 Å². The monoisotopic (exact) mass is 247 g/mol. The van der Waals surface area contributed by atoms with Crippen molar-refractivity contribution in [3.63, 3.8) is 0 Å². The Morgan fingerprint density at radius 1 is 1.39 bits per heavy atom. The molecular weight excluding hydrogens is 237 g/mol. The number of hydrogen-bond donors (Lipinski definition) is 1.